The molecule has 59 heavy (non-hydrogen) atoms. The van der Waals surface area contributed by atoms with Crippen LogP contribution < -0.4 is 0 Å². The van der Waals surface area contributed by atoms with Crippen LogP contribution in [0.25, 0.3) is 11.1 Å². The van der Waals surface area contributed by atoms with E-state index in [1.807, 2.05) is 24.3 Å². The lowest BCUT2D eigenvalue weighted by atomic mass is 9.88. The highest BCUT2D eigenvalue weighted by atomic mass is 32.2. The minimum absolute atomic E-state index is 0.0907. The predicted octanol–water partition coefficient (Wildman–Crippen LogP) is 9.41. The van der Waals surface area contributed by atoms with E-state index in [0.29, 0.717) is 24.0 Å². The molecule has 0 aliphatic carbocycles. The average Bonchev–Trinajstić information content (AvgIpc) is 3.27. The van der Waals surface area contributed by atoms with Crippen LogP contribution in [0, 0.1) is 34.3 Å². The second-order valence-electron chi connectivity index (χ2n) is 14.1. The maximum absolute atomic E-state index is 14.0. The Bertz CT molecular complexity index is 2690. The van der Waals surface area contributed by atoms with Crippen LogP contribution in [0.2, 0.25) is 0 Å². The van der Waals surface area contributed by atoms with Crippen LogP contribution in [0.1, 0.15) is 66.2 Å². The maximum Gasteiger partial charge on any atom is 0.259 e. The van der Waals surface area contributed by atoms with Crippen molar-refractivity contribution in [2.75, 3.05) is 0 Å². The molecule has 0 aromatic heterocycles. The molecule has 8 rings (SSSR count). The van der Waals surface area contributed by atoms with E-state index in [4.69, 9.17) is 0 Å². The van der Waals surface area contributed by atoms with Gasteiger partial charge >= 0.3 is 0 Å². The van der Waals surface area contributed by atoms with Gasteiger partial charge in [-0.25, -0.2) is 17.2 Å². The molecule has 2 aliphatic rings. The minimum Gasteiger partial charge on any atom is -0.294 e. The van der Waals surface area contributed by atoms with E-state index in [2.05, 4.69) is 12.1 Å². The number of nitrogens with zero attached hydrogens (tertiary/aromatic N) is 4. The van der Waals surface area contributed by atoms with Crippen molar-refractivity contribution in [2.24, 2.45) is 0 Å². The monoisotopic (exact) mass is 798 g/mol. The Morgan fingerprint density at radius 3 is 1.24 bits per heavy atom. The third kappa shape index (κ3) is 7.43. The molecule has 0 N–H and O–H groups in total. The SMILES string of the molecule is N#CC1c2ccccc2C(Cc2ccc(F)cc2)=CN1C(=O)c1ccc(S(=O)(=O)c2ccc(C(=O)N3C=C(Cc4ccc(F)cc4)c4ccccc4C3C#N)cc2)cc1. The number of fused-ring (bicyclic) bond motifs is 2. The Labute approximate surface area is 339 Å². The van der Waals surface area contributed by atoms with Crippen molar-refractivity contribution < 1.29 is 26.8 Å². The lowest BCUT2D eigenvalue weighted by molar-refractivity contribution is 0.0785. The van der Waals surface area contributed by atoms with Crippen LogP contribution in [0.3, 0.4) is 0 Å². The summed E-state index contributed by atoms with van der Waals surface area (Å²) in [5, 5.41) is 20.4. The van der Waals surface area contributed by atoms with Gasteiger partial charge in [-0.2, -0.15) is 10.5 Å². The standard InChI is InChI=1S/C48H32F2N4O4S/c49-37-17-9-31(10-18-37)25-35-29-53(45(27-51)43-7-3-1-5-41(35)43)47(55)33-13-21-39(22-14-33)59(57,58)40-23-15-34(16-24-40)48(56)54-30-36(26-32-11-19-38(50)20-12-32)42-6-2-4-8-44(42)46(54)28-52/h1-24,29-30,45-46H,25-26H2. The van der Waals surface area contributed by atoms with Crippen LogP contribution >= 0.6 is 0 Å². The van der Waals surface area contributed by atoms with Crippen molar-refractivity contribution in [1.29, 1.82) is 10.5 Å². The zero-order chi connectivity index (χ0) is 41.3. The summed E-state index contributed by atoms with van der Waals surface area (Å²) in [4.78, 5) is 30.4. The fourth-order valence-corrected chi connectivity index (χ4v) is 8.77. The van der Waals surface area contributed by atoms with E-state index in [9.17, 15) is 37.3 Å². The van der Waals surface area contributed by atoms with Crippen molar-refractivity contribution in [3.8, 4) is 12.1 Å². The number of nitriles is 2. The molecule has 2 aliphatic heterocycles. The predicted molar refractivity (Wildman–Crippen MR) is 216 cm³/mol. The third-order valence-corrected chi connectivity index (χ3v) is 12.3. The van der Waals surface area contributed by atoms with Gasteiger partial charge in [0.2, 0.25) is 9.84 Å². The second kappa shape index (κ2) is 15.8. The van der Waals surface area contributed by atoms with Crippen LogP contribution in [0.15, 0.2) is 168 Å². The molecular formula is C48H32F2N4O4S. The quantitative estimate of drug-likeness (QED) is 0.151. The molecule has 6 aromatic rings. The number of carbonyl (C=O) groups is 2. The molecule has 2 heterocycles. The van der Waals surface area contributed by atoms with Crippen molar-refractivity contribution in [1.82, 2.24) is 9.80 Å². The number of halogens is 2. The number of carbonyl (C=O) groups excluding carboxylic acids is 2. The Hall–Kier alpha value is -7.47. The lowest BCUT2D eigenvalue weighted by Crippen LogP contribution is -2.33. The normalized spacial score (nSPS) is 15.8. The fourth-order valence-electron chi connectivity index (χ4n) is 7.51. The Balaban J connectivity index is 1.03. The Morgan fingerprint density at radius 2 is 0.881 bits per heavy atom. The third-order valence-electron chi connectivity index (χ3n) is 10.5. The van der Waals surface area contributed by atoms with E-state index in [1.54, 1.807) is 60.9 Å². The number of sulfone groups is 1. The van der Waals surface area contributed by atoms with Crippen molar-refractivity contribution in [3.63, 3.8) is 0 Å². The van der Waals surface area contributed by atoms with Gasteiger partial charge in [0.25, 0.3) is 11.8 Å². The van der Waals surface area contributed by atoms with E-state index in [1.165, 1.54) is 82.6 Å². The Kier molecular flexibility index (Phi) is 10.3. The maximum atomic E-state index is 14.0. The van der Waals surface area contributed by atoms with Crippen molar-refractivity contribution in [2.45, 2.75) is 34.7 Å². The summed E-state index contributed by atoms with van der Waals surface area (Å²) in [6.07, 6.45) is 4.00. The summed E-state index contributed by atoms with van der Waals surface area (Å²) in [6, 6.07) is 40.1. The van der Waals surface area contributed by atoms with Gasteiger partial charge < -0.3 is 0 Å². The molecule has 2 unspecified atom stereocenters. The van der Waals surface area contributed by atoms with Gasteiger partial charge in [0, 0.05) is 23.5 Å². The summed E-state index contributed by atoms with van der Waals surface area (Å²) >= 11 is 0. The molecule has 11 heteroatoms. The summed E-state index contributed by atoms with van der Waals surface area (Å²) in [5.74, 6) is -1.76. The summed E-state index contributed by atoms with van der Waals surface area (Å²) in [5.41, 5.74) is 6.33. The Morgan fingerprint density at radius 1 is 0.525 bits per heavy atom. The van der Waals surface area contributed by atoms with E-state index in [0.717, 1.165) is 33.4 Å². The summed E-state index contributed by atoms with van der Waals surface area (Å²) in [6.45, 7) is 0. The van der Waals surface area contributed by atoms with Gasteiger partial charge in [0.15, 0.2) is 0 Å². The van der Waals surface area contributed by atoms with E-state index < -0.39 is 33.7 Å². The first-order chi connectivity index (χ1) is 28.5. The highest BCUT2D eigenvalue weighted by molar-refractivity contribution is 7.91. The molecule has 288 valence electrons. The molecular weight excluding hydrogens is 767 g/mol. The van der Waals surface area contributed by atoms with Gasteiger partial charge in [-0.1, -0.05) is 72.8 Å². The molecule has 0 spiro atoms. The van der Waals surface area contributed by atoms with Crippen LogP contribution in [-0.4, -0.2) is 30.0 Å². The highest BCUT2D eigenvalue weighted by Gasteiger charge is 2.34. The number of hydrogen-bond donors (Lipinski definition) is 0. The molecule has 6 aromatic carbocycles. The zero-order valence-electron chi connectivity index (χ0n) is 31.2. The number of benzene rings is 6. The number of hydrogen-bond acceptors (Lipinski definition) is 6. The number of allylic oxidation sites excluding steroid dienone is 2. The second-order valence-corrected chi connectivity index (χ2v) is 16.1. The minimum atomic E-state index is -4.11. The van der Waals surface area contributed by atoms with Crippen LogP contribution in [-0.2, 0) is 22.7 Å². The molecule has 0 bridgehead atoms. The van der Waals surface area contributed by atoms with Gasteiger partial charge in [-0.05, 0) is 130 Å². The molecule has 0 fully saturated rings. The first kappa shape index (κ1) is 38.4. The van der Waals surface area contributed by atoms with Gasteiger partial charge in [-0.15, -0.1) is 0 Å². The molecule has 8 nitrogen and oxygen atoms in total. The molecule has 0 saturated heterocycles. The van der Waals surface area contributed by atoms with Crippen LogP contribution in [0.4, 0.5) is 8.78 Å². The van der Waals surface area contributed by atoms with E-state index >= 15 is 0 Å². The molecule has 2 amide bonds. The fraction of sp³-hybridized carbons (Fsp3) is 0.0833. The largest absolute Gasteiger partial charge is 0.294 e. The average molecular weight is 799 g/mol. The highest BCUT2D eigenvalue weighted by Crippen LogP contribution is 2.39. The molecule has 0 saturated carbocycles. The number of rotatable bonds is 8. The van der Waals surface area contributed by atoms with Crippen LogP contribution in [0.5, 0.6) is 0 Å². The van der Waals surface area contributed by atoms with Gasteiger partial charge in [0.05, 0.1) is 21.9 Å². The van der Waals surface area contributed by atoms with Crippen molar-refractivity contribution >= 4 is 32.8 Å². The van der Waals surface area contributed by atoms with Crippen molar-refractivity contribution in [3.05, 3.63) is 214 Å². The summed E-state index contributed by atoms with van der Waals surface area (Å²) < 4.78 is 54.9. The zero-order valence-corrected chi connectivity index (χ0v) is 32.0. The smallest absolute Gasteiger partial charge is 0.259 e. The first-order valence-electron chi connectivity index (χ1n) is 18.5. The van der Waals surface area contributed by atoms with E-state index in [-0.39, 0.29) is 32.6 Å². The van der Waals surface area contributed by atoms with Gasteiger partial charge in [-0.3, -0.25) is 19.4 Å². The topological polar surface area (TPSA) is 122 Å². The van der Waals surface area contributed by atoms with Gasteiger partial charge in [0.1, 0.15) is 23.7 Å². The summed E-state index contributed by atoms with van der Waals surface area (Å²) in [7, 11) is -4.11. The molecule has 2 atom stereocenters. The first-order valence-corrected chi connectivity index (χ1v) is 20.0. The lowest BCUT2D eigenvalue weighted by Gasteiger charge is -2.32. The molecule has 0 radical (unpaired) electrons. The number of amides is 2.